The Morgan fingerprint density at radius 1 is 1.35 bits per heavy atom. The summed E-state index contributed by atoms with van der Waals surface area (Å²) < 4.78 is 5.16. The van der Waals surface area contributed by atoms with Crippen LogP contribution in [-0.4, -0.2) is 22.6 Å². The zero-order valence-electron chi connectivity index (χ0n) is 8.93. The van der Waals surface area contributed by atoms with Crippen LogP contribution in [0.5, 0.6) is 0 Å². The lowest BCUT2D eigenvalue weighted by Gasteiger charge is -2.10. The number of hydrogen-bond acceptors (Lipinski definition) is 5. The van der Waals surface area contributed by atoms with E-state index in [1.54, 1.807) is 0 Å². The summed E-state index contributed by atoms with van der Waals surface area (Å²) in [4.78, 5) is 34.9. The summed E-state index contributed by atoms with van der Waals surface area (Å²) in [6.07, 6.45) is 0.464. The molecule has 90 valence electrons. The zero-order chi connectivity index (χ0) is 12.4. The molecule has 1 aliphatic heterocycles. The van der Waals surface area contributed by atoms with Gasteiger partial charge in [0.15, 0.2) is 5.76 Å². The summed E-state index contributed by atoms with van der Waals surface area (Å²) in [7, 11) is 0. The fraction of sp³-hybridized carbons (Fsp3) is 0.300. The average molecular weight is 237 g/mol. The number of nitrogen functional groups attached to an aromatic ring is 1. The number of nitrogens with zero attached hydrogens (tertiary/aromatic N) is 1. The molecular formula is C10H11N3O4. The van der Waals surface area contributed by atoms with Gasteiger partial charge < -0.3 is 4.42 Å². The number of hydrogen-bond donors (Lipinski definition) is 2. The van der Waals surface area contributed by atoms with Gasteiger partial charge in [0.1, 0.15) is 5.76 Å². The van der Waals surface area contributed by atoms with Gasteiger partial charge >= 0.3 is 5.91 Å². The molecule has 1 aromatic heterocycles. The summed E-state index contributed by atoms with van der Waals surface area (Å²) >= 11 is 0. The van der Waals surface area contributed by atoms with Crippen LogP contribution in [0.1, 0.15) is 29.2 Å². The topological polar surface area (TPSA) is 106 Å². The number of carbonyl (C=O) groups excluding carboxylic acids is 3. The first kappa shape index (κ1) is 11.3. The van der Waals surface area contributed by atoms with Gasteiger partial charge in [-0.3, -0.25) is 24.7 Å². The molecule has 0 bridgehead atoms. The highest BCUT2D eigenvalue weighted by Gasteiger charge is 2.29. The van der Waals surface area contributed by atoms with Crippen molar-refractivity contribution in [3.8, 4) is 0 Å². The summed E-state index contributed by atoms with van der Waals surface area (Å²) in [5.74, 6) is 4.34. The van der Waals surface area contributed by atoms with E-state index in [2.05, 4.69) is 0 Å². The molecule has 3 amide bonds. The average Bonchev–Trinajstić information content (AvgIpc) is 2.90. The molecule has 0 radical (unpaired) electrons. The first-order valence-corrected chi connectivity index (χ1v) is 5.04. The molecule has 0 aromatic carbocycles. The Hall–Kier alpha value is -2.15. The Balaban J connectivity index is 2.09. The Kier molecular flexibility index (Phi) is 2.92. The number of nitrogens with two attached hydrogens (primary N) is 1. The minimum absolute atomic E-state index is 0.0431. The Bertz CT molecular complexity index is 464. The molecule has 2 rings (SSSR count). The second-order valence-corrected chi connectivity index (χ2v) is 3.61. The summed E-state index contributed by atoms with van der Waals surface area (Å²) in [5, 5.41) is 0. The molecule has 0 spiro atoms. The number of nitrogens with one attached hydrogen (secondary N) is 1. The van der Waals surface area contributed by atoms with Gasteiger partial charge in [0.2, 0.25) is 11.8 Å². The molecular weight excluding hydrogens is 226 g/mol. The molecule has 3 N–H and O–H groups in total. The van der Waals surface area contributed by atoms with E-state index in [1.165, 1.54) is 12.1 Å². The first-order valence-electron chi connectivity index (χ1n) is 5.04. The van der Waals surface area contributed by atoms with E-state index in [1.807, 2.05) is 5.43 Å². The predicted octanol–water partition coefficient (Wildman–Crippen LogP) is -0.468. The van der Waals surface area contributed by atoms with Crippen LogP contribution in [0.4, 0.5) is 0 Å². The van der Waals surface area contributed by atoms with Gasteiger partial charge in [-0.1, -0.05) is 0 Å². The number of rotatable bonds is 3. The van der Waals surface area contributed by atoms with E-state index in [9.17, 15) is 14.4 Å². The van der Waals surface area contributed by atoms with Crippen LogP contribution in [0, 0.1) is 0 Å². The third-order valence-electron chi connectivity index (χ3n) is 2.49. The van der Waals surface area contributed by atoms with E-state index < -0.39 is 5.91 Å². The Morgan fingerprint density at radius 3 is 2.59 bits per heavy atom. The van der Waals surface area contributed by atoms with Crippen LogP contribution in [0.2, 0.25) is 0 Å². The van der Waals surface area contributed by atoms with Crippen molar-refractivity contribution in [2.24, 2.45) is 5.84 Å². The molecule has 1 fully saturated rings. The van der Waals surface area contributed by atoms with E-state index in [0.717, 1.165) is 4.90 Å². The number of carbonyl (C=O) groups is 3. The van der Waals surface area contributed by atoms with Crippen molar-refractivity contribution in [3.05, 3.63) is 23.7 Å². The predicted molar refractivity (Wildman–Crippen MR) is 55.2 cm³/mol. The lowest BCUT2D eigenvalue weighted by atomic mass is 10.4. The highest BCUT2D eigenvalue weighted by atomic mass is 16.4. The van der Waals surface area contributed by atoms with Crippen LogP contribution in [0.15, 0.2) is 16.5 Å². The van der Waals surface area contributed by atoms with Gasteiger partial charge in [0.25, 0.3) is 0 Å². The fourth-order valence-corrected chi connectivity index (χ4v) is 1.61. The highest BCUT2D eigenvalue weighted by molar-refractivity contribution is 6.01. The summed E-state index contributed by atoms with van der Waals surface area (Å²) in [5.41, 5.74) is 1.93. The van der Waals surface area contributed by atoms with Gasteiger partial charge in [-0.2, -0.15) is 0 Å². The SMILES string of the molecule is NNC(=O)c1ccc(CN2C(=O)CCC2=O)o1. The monoisotopic (exact) mass is 237 g/mol. The molecule has 7 nitrogen and oxygen atoms in total. The maximum Gasteiger partial charge on any atom is 0.300 e. The number of likely N-dealkylation sites (tertiary alicyclic amines) is 1. The molecule has 0 unspecified atom stereocenters. The van der Waals surface area contributed by atoms with Gasteiger partial charge in [0.05, 0.1) is 6.54 Å². The number of amides is 3. The van der Waals surface area contributed by atoms with Crippen molar-refractivity contribution in [2.45, 2.75) is 19.4 Å². The van der Waals surface area contributed by atoms with Gasteiger partial charge in [-0.25, -0.2) is 5.84 Å². The molecule has 1 aliphatic rings. The van der Waals surface area contributed by atoms with Crippen molar-refractivity contribution in [3.63, 3.8) is 0 Å². The van der Waals surface area contributed by atoms with Crippen LogP contribution in [0.3, 0.4) is 0 Å². The highest BCUT2D eigenvalue weighted by Crippen LogP contribution is 2.17. The summed E-state index contributed by atoms with van der Waals surface area (Å²) in [6.45, 7) is 0.0511. The number of furan rings is 1. The van der Waals surface area contributed by atoms with E-state index >= 15 is 0 Å². The third kappa shape index (κ3) is 2.18. The van der Waals surface area contributed by atoms with Crippen LogP contribution in [0.25, 0.3) is 0 Å². The van der Waals surface area contributed by atoms with Crippen LogP contribution >= 0.6 is 0 Å². The molecule has 0 atom stereocenters. The van der Waals surface area contributed by atoms with Crippen molar-refractivity contribution >= 4 is 17.7 Å². The van der Waals surface area contributed by atoms with Gasteiger partial charge in [-0.15, -0.1) is 0 Å². The maximum atomic E-state index is 11.4. The normalized spacial score (nSPS) is 15.5. The van der Waals surface area contributed by atoms with Crippen molar-refractivity contribution in [2.75, 3.05) is 0 Å². The molecule has 2 heterocycles. The van der Waals surface area contributed by atoms with Gasteiger partial charge in [-0.05, 0) is 12.1 Å². The number of hydrazine groups is 1. The van der Waals surface area contributed by atoms with Gasteiger partial charge in [0, 0.05) is 12.8 Å². The second kappa shape index (κ2) is 4.38. The Morgan fingerprint density at radius 2 is 2.00 bits per heavy atom. The summed E-state index contributed by atoms with van der Waals surface area (Å²) in [6, 6.07) is 2.96. The molecule has 0 aliphatic carbocycles. The van der Waals surface area contributed by atoms with E-state index in [4.69, 9.17) is 10.3 Å². The Labute approximate surface area is 96.5 Å². The van der Waals surface area contributed by atoms with Crippen molar-refractivity contribution in [1.82, 2.24) is 10.3 Å². The smallest absolute Gasteiger partial charge is 0.300 e. The standard InChI is InChI=1S/C10H11N3O4/c11-12-10(16)7-2-1-6(17-7)5-13-8(14)3-4-9(13)15/h1-2H,3-5,11H2,(H,12,16). The molecule has 0 saturated carbocycles. The molecule has 1 saturated heterocycles. The zero-order valence-corrected chi connectivity index (χ0v) is 8.93. The van der Waals surface area contributed by atoms with Crippen LogP contribution < -0.4 is 11.3 Å². The molecule has 1 aromatic rings. The first-order chi connectivity index (χ1) is 8.11. The molecule has 7 heteroatoms. The lowest BCUT2D eigenvalue weighted by Crippen LogP contribution is -2.29. The van der Waals surface area contributed by atoms with Crippen molar-refractivity contribution in [1.29, 1.82) is 0 Å². The second-order valence-electron chi connectivity index (χ2n) is 3.61. The third-order valence-corrected chi connectivity index (χ3v) is 2.49. The quantitative estimate of drug-likeness (QED) is 0.320. The largest absolute Gasteiger partial charge is 0.454 e. The fourth-order valence-electron chi connectivity index (χ4n) is 1.61. The van der Waals surface area contributed by atoms with Crippen LogP contribution in [-0.2, 0) is 16.1 Å². The minimum atomic E-state index is -0.560. The minimum Gasteiger partial charge on any atom is -0.454 e. The lowest BCUT2D eigenvalue weighted by molar-refractivity contribution is -0.139. The molecule has 17 heavy (non-hydrogen) atoms. The number of imide groups is 1. The van der Waals surface area contributed by atoms with E-state index in [-0.39, 0.29) is 37.0 Å². The maximum absolute atomic E-state index is 11.4. The van der Waals surface area contributed by atoms with Crippen molar-refractivity contribution < 1.29 is 18.8 Å². The van der Waals surface area contributed by atoms with E-state index in [0.29, 0.717) is 5.76 Å².